The summed E-state index contributed by atoms with van der Waals surface area (Å²) in [4.78, 5) is 53.0. The number of aliphatic hydroxyl groups excluding tert-OH is 1. The zero-order valence-electron chi connectivity index (χ0n) is 30.8. The number of carbonyl (C=O) groups is 4. The lowest BCUT2D eigenvalue weighted by atomic mass is 9.92. The van der Waals surface area contributed by atoms with E-state index in [1.54, 1.807) is 18.0 Å². The molecule has 2 aromatic carbocycles. The Labute approximate surface area is 328 Å². The second-order valence-corrected chi connectivity index (χ2v) is 14.5. The van der Waals surface area contributed by atoms with Gasteiger partial charge in [0.1, 0.15) is 18.8 Å². The summed E-state index contributed by atoms with van der Waals surface area (Å²) in [7, 11) is 0. The van der Waals surface area contributed by atoms with Crippen LogP contribution in [0.25, 0.3) is 0 Å². The highest BCUT2D eigenvalue weighted by Crippen LogP contribution is 2.40. The summed E-state index contributed by atoms with van der Waals surface area (Å²) in [5.41, 5.74) is 3.09. The molecule has 55 heavy (non-hydrogen) atoms. The number of aromatic nitrogens is 1. The minimum absolute atomic E-state index is 0.0339. The third-order valence-corrected chi connectivity index (χ3v) is 9.93. The zero-order valence-corrected chi connectivity index (χ0v) is 32.4. The second-order valence-electron chi connectivity index (χ2n) is 12.9. The highest BCUT2D eigenvalue weighted by Gasteiger charge is 2.52. The molecule has 16 heteroatoms. The van der Waals surface area contributed by atoms with Gasteiger partial charge in [-0.3, -0.25) is 19.2 Å². The van der Waals surface area contributed by atoms with Crippen LogP contribution >= 0.6 is 24.0 Å². The van der Waals surface area contributed by atoms with Crippen molar-refractivity contribution in [3.05, 3.63) is 89.6 Å². The Morgan fingerprint density at radius 2 is 1.51 bits per heavy atom. The van der Waals surface area contributed by atoms with E-state index in [1.165, 1.54) is 13.8 Å². The highest BCUT2D eigenvalue weighted by molar-refractivity contribution is 7.99. The highest BCUT2D eigenvalue weighted by atomic mass is 32.2. The van der Waals surface area contributed by atoms with Gasteiger partial charge in [-0.1, -0.05) is 54.7 Å². The number of nitrogens with zero attached hydrogens (tertiary/aromatic N) is 1. The number of nitrogens with one attached hydrogen (secondary N) is 1. The van der Waals surface area contributed by atoms with E-state index in [-0.39, 0.29) is 36.8 Å². The molecule has 8 unspecified atom stereocenters. The quantitative estimate of drug-likeness (QED) is 0.0945. The Kier molecular flexibility index (Phi) is 15.1. The number of ether oxygens (including phenoxy) is 7. The van der Waals surface area contributed by atoms with Crippen molar-refractivity contribution in [2.24, 2.45) is 0 Å². The van der Waals surface area contributed by atoms with Gasteiger partial charge in [0, 0.05) is 63.7 Å². The van der Waals surface area contributed by atoms with Gasteiger partial charge in [0.25, 0.3) is 0 Å². The average molecular weight is 797 g/mol. The van der Waals surface area contributed by atoms with Crippen LogP contribution in [0.5, 0.6) is 0 Å². The molecule has 2 aliphatic heterocycles. The number of rotatable bonds is 14. The van der Waals surface area contributed by atoms with Crippen molar-refractivity contribution in [2.45, 2.75) is 101 Å². The topological polar surface area (TPSA) is 178 Å². The smallest absolute Gasteiger partial charge is 0.303 e. The van der Waals surface area contributed by atoms with E-state index in [0.717, 1.165) is 35.6 Å². The maximum Gasteiger partial charge on any atom is 0.303 e. The normalized spacial score (nSPS) is 24.9. The Hall–Kier alpha value is -4.45. The summed E-state index contributed by atoms with van der Waals surface area (Å²) in [5, 5.41) is 13.6. The fourth-order valence-corrected chi connectivity index (χ4v) is 7.44. The number of anilines is 1. The third kappa shape index (κ3) is 12.3. The van der Waals surface area contributed by atoms with E-state index in [1.807, 2.05) is 66.7 Å². The van der Waals surface area contributed by atoms with Crippen molar-refractivity contribution in [3.63, 3.8) is 0 Å². The Morgan fingerprint density at radius 3 is 2.15 bits per heavy atom. The molecule has 294 valence electrons. The van der Waals surface area contributed by atoms with Crippen LogP contribution < -0.4 is 5.32 Å². The molecular weight excluding hydrogens is 753 g/mol. The van der Waals surface area contributed by atoms with E-state index in [2.05, 4.69) is 10.3 Å². The number of pyridine rings is 1. The molecule has 5 rings (SSSR count). The molecule has 2 aliphatic rings. The van der Waals surface area contributed by atoms with E-state index in [9.17, 15) is 24.3 Å². The summed E-state index contributed by atoms with van der Waals surface area (Å²) in [6, 6.07) is 20.8. The van der Waals surface area contributed by atoms with Gasteiger partial charge in [0.05, 0.1) is 28.8 Å². The largest absolute Gasteiger partial charge is 0.463 e. The van der Waals surface area contributed by atoms with Crippen LogP contribution in [0.15, 0.2) is 78.0 Å². The van der Waals surface area contributed by atoms with Crippen molar-refractivity contribution in [2.75, 3.05) is 17.7 Å². The summed E-state index contributed by atoms with van der Waals surface area (Å²) >= 11 is 7.35. The summed E-state index contributed by atoms with van der Waals surface area (Å²) < 4.78 is 41.0. The van der Waals surface area contributed by atoms with E-state index in [4.69, 9.17) is 45.4 Å². The maximum absolute atomic E-state index is 12.3. The number of aliphatic hydroxyl groups is 1. The van der Waals surface area contributed by atoms with Gasteiger partial charge < -0.3 is 43.6 Å². The average Bonchev–Trinajstić information content (AvgIpc) is 3.15. The minimum atomic E-state index is -1.30. The van der Waals surface area contributed by atoms with Crippen LogP contribution in [0.4, 0.5) is 5.69 Å². The predicted octanol–water partition coefficient (Wildman–Crippen LogP) is 5.17. The molecular formula is C39H44N2O12S2. The molecule has 8 atom stereocenters. The van der Waals surface area contributed by atoms with Gasteiger partial charge in [-0.25, -0.2) is 4.98 Å². The number of thiocarbonyl (C=S) groups is 1. The van der Waals surface area contributed by atoms with E-state index >= 15 is 0 Å². The molecule has 14 nitrogen and oxygen atoms in total. The first-order valence-electron chi connectivity index (χ1n) is 17.6. The number of esters is 4. The van der Waals surface area contributed by atoms with Gasteiger partial charge >= 0.3 is 23.9 Å². The predicted molar refractivity (Wildman–Crippen MR) is 203 cm³/mol. The van der Waals surface area contributed by atoms with Gasteiger partial charge in [-0.15, -0.1) is 11.8 Å². The molecule has 0 aliphatic carbocycles. The Balaban J connectivity index is 1.34. The minimum Gasteiger partial charge on any atom is -0.463 e. The van der Waals surface area contributed by atoms with Crippen molar-refractivity contribution in [1.29, 1.82) is 0 Å². The molecule has 0 spiro atoms. The number of benzene rings is 2. The van der Waals surface area contributed by atoms with E-state index in [0.29, 0.717) is 17.9 Å². The number of carbonyl (C=O) groups excluding carboxylic acids is 4. The van der Waals surface area contributed by atoms with Crippen LogP contribution in [-0.2, 0) is 58.9 Å². The lowest BCUT2D eigenvalue weighted by molar-refractivity contribution is -0.251. The summed E-state index contributed by atoms with van der Waals surface area (Å²) in [5.74, 6) is -2.11. The molecule has 0 saturated carbocycles. The van der Waals surface area contributed by atoms with E-state index < -0.39 is 60.7 Å². The maximum atomic E-state index is 12.3. The lowest BCUT2D eigenvalue weighted by Crippen LogP contribution is -2.62. The fourth-order valence-electron chi connectivity index (χ4n) is 6.27. The van der Waals surface area contributed by atoms with Crippen molar-refractivity contribution < 1.29 is 57.4 Å². The second kappa shape index (κ2) is 19.9. The van der Waals surface area contributed by atoms with Crippen molar-refractivity contribution >= 4 is 58.5 Å². The van der Waals surface area contributed by atoms with Crippen LogP contribution in [-0.4, -0.2) is 87.9 Å². The third-order valence-electron chi connectivity index (χ3n) is 8.59. The van der Waals surface area contributed by atoms with Crippen LogP contribution in [0.1, 0.15) is 69.6 Å². The van der Waals surface area contributed by atoms with Crippen molar-refractivity contribution in [3.8, 4) is 0 Å². The first-order valence-corrected chi connectivity index (χ1v) is 19.0. The molecule has 0 radical (unpaired) electrons. The van der Waals surface area contributed by atoms with Crippen molar-refractivity contribution in [1.82, 2.24) is 4.98 Å². The van der Waals surface area contributed by atoms with Crippen LogP contribution in [0.3, 0.4) is 0 Å². The molecule has 2 saturated heterocycles. The lowest BCUT2D eigenvalue weighted by Gasteiger charge is -2.44. The zero-order chi connectivity index (χ0) is 39.5. The fraction of sp³-hybridized carbons (Fsp3) is 0.436. The molecule has 2 fully saturated rings. The molecule has 0 bridgehead atoms. The molecule has 1 aromatic heterocycles. The number of hydrogen-bond donors (Lipinski definition) is 2. The van der Waals surface area contributed by atoms with Gasteiger partial charge in [-0.2, -0.15) is 0 Å². The standard InChI is InChI=1S/C39H44N2O12S2/c1-22(43)47-20-33-37(49-24(3)45)38(50-25(4)46)36(48-23(2)44)32(52-33)18-34(54)41-29-9-7-8-28(16-29)39-51-30(21-55-35-10-5-6-15-40-35)17-31(53-39)27-13-11-26(19-42)12-14-27/h5-16,30-33,36-39,42H,17-21H2,1-4H3,(H,41,54). The summed E-state index contributed by atoms with van der Waals surface area (Å²) in [6.07, 6.45) is -4.79. The Bertz CT molecular complexity index is 1800. The van der Waals surface area contributed by atoms with Gasteiger partial charge in [-0.05, 0) is 35.4 Å². The molecule has 3 aromatic rings. The van der Waals surface area contributed by atoms with Gasteiger partial charge in [0.15, 0.2) is 24.6 Å². The first-order chi connectivity index (χ1) is 26.4. The van der Waals surface area contributed by atoms with Crippen LogP contribution in [0, 0.1) is 0 Å². The molecule has 0 amide bonds. The summed E-state index contributed by atoms with van der Waals surface area (Å²) in [6.45, 7) is 4.31. The van der Waals surface area contributed by atoms with Gasteiger partial charge in [0.2, 0.25) is 0 Å². The number of thioether (sulfide) groups is 1. The number of hydrogen-bond acceptors (Lipinski definition) is 15. The SMILES string of the molecule is CC(=O)OCC1OC(CC(=S)Nc2cccc(C3OC(CSc4ccccn4)CC(c4ccc(CO)cc4)O3)c2)C(OC(C)=O)C(OC(C)=O)C1OC(C)=O. The molecule has 2 N–H and O–H groups in total. The monoisotopic (exact) mass is 796 g/mol. The Morgan fingerprint density at radius 1 is 0.818 bits per heavy atom. The van der Waals surface area contributed by atoms with Crippen LogP contribution in [0.2, 0.25) is 0 Å². The first kappa shape index (κ1) is 41.7. The molecule has 3 heterocycles.